The van der Waals surface area contributed by atoms with E-state index in [-0.39, 0.29) is 16.8 Å². The van der Waals surface area contributed by atoms with Gasteiger partial charge in [-0.25, -0.2) is 18.2 Å². The van der Waals surface area contributed by atoms with Crippen LogP contribution in [0.1, 0.15) is 5.82 Å². The summed E-state index contributed by atoms with van der Waals surface area (Å²) in [5.41, 5.74) is 0.479. The molecule has 0 bridgehead atoms. The Kier molecular flexibility index (Phi) is 3.96. The summed E-state index contributed by atoms with van der Waals surface area (Å²) in [7, 11) is 1.47. The summed E-state index contributed by atoms with van der Waals surface area (Å²) in [4.78, 5) is 6.80. The van der Waals surface area contributed by atoms with Gasteiger partial charge in [0.2, 0.25) is 0 Å². The zero-order valence-electron chi connectivity index (χ0n) is 9.84. The maximum Gasteiger partial charge on any atom is 0.194 e. The maximum absolute atomic E-state index is 13.2. The van der Waals surface area contributed by atoms with Crippen molar-refractivity contribution in [2.75, 3.05) is 7.11 Å². The highest BCUT2D eigenvalue weighted by Gasteiger charge is 2.12. The number of ether oxygens (including phenoxy) is 1. The number of hydrogen-bond donors (Lipinski definition) is 1. The molecule has 2 aromatic rings. The lowest BCUT2D eigenvalue weighted by atomic mass is 10.1. The first-order valence-electron chi connectivity index (χ1n) is 5.25. The maximum atomic E-state index is 13.2. The molecule has 100 valence electrons. The lowest BCUT2D eigenvalue weighted by Crippen LogP contribution is -2.00. The fraction of sp³-hybridized carbons (Fsp3) is 0.167. The van der Waals surface area contributed by atoms with Crippen molar-refractivity contribution in [1.82, 2.24) is 9.97 Å². The number of halogens is 3. The smallest absolute Gasteiger partial charge is 0.194 e. The highest BCUT2D eigenvalue weighted by molar-refractivity contribution is 7.71. The normalized spacial score (nSPS) is 10.7. The number of benzene rings is 1. The number of hydrogen-bond acceptors (Lipinski definition) is 3. The largest absolute Gasteiger partial charge is 0.377 e. The lowest BCUT2D eigenvalue weighted by molar-refractivity contribution is 0.177. The van der Waals surface area contributed by atoms with Crippen molar-refractivity contribution in [2.24, 2.45) is 0 Å². The molecule has 7 heteroatoms. The first kappa shape index (κ1) is 13.7. The van der Waals surface area contributed by atoms with Crippen molar-refractivity contribution in [3.63, 3.8) is 0 Å². The van der Waals surface area contributed by atoms with Gasteiger partial charge in [0.05, 0.1) is 0 Å². The predicted octanol–water partition coefficient (Wildman–Crippen LogP) is 3.37. The zero-order chi connectivity index (χ0) is 14.0. The Balaban J connectivity index is 2.55. The summed E-state index contributed by atoms with van der Waals surface area (Å²) in [6, 6.07) is 3.20. The molecule has 19 heavy (non-hydrogen) atoms. The molecule has 1 N–H and O–H groups in total. The Hall–Kier alpha value is -1.73. The predicted molar refractivity (Wildman–Crippen MR) is 65.4 cm³/mol. The summed E-state index contributed by atoms with van der Waals surface area (Å²) in [6.45, 7) is 0.170. The summed E-state index contributed by atoms with van der Waals surface area (Å²) in [5.74, 6) is -3.62. The molecule has 3 nitrogen and oxygen atoms in total. The molecule has 0 radical (unpaired) electrons. The number of methoxy groups -OCH3 is 1. The van der Waals surface area contributed by atoms with E-state index in [1.54, 1.807) is 0 Å². The van der Waals surface area contributed by atoms with E-state index in [0.717, 1.165) is 12.1 Å². The Morgan fingerprint density at radius 3 is 2.42 bits per heavy atom. The Morgan fingerprint density at radius 2 is 1.84 bits per heavy atom. The van der Waals surface area contributed by atoms with Crippen LogP contribution in [-0.4, -0.2) is 17.1 Å². The quantitative estimate of drug-likeness (QED) is 0.694. The van der Waals surface area contributed by atoms with Crippen molar-refractivity contribution >= 4 is 12.2 Å². The molecule has 0 fully saturated rings. The first-order chi connectivity index (χ1) is 9.01. The second-order valence-corrected chi connectivity index (χ2v) is 4.18. The van der Waals surface area contributed by atoms with Gasteiger partial charge < -0.3 is 9.72 Å². The molecule has 0 saturated heterocycles. The molecule has 2 rings (SSSR count). The summed E-state index contributed by atoms with van der Waals surface area (Å²) in [5, 5.41) is 0. The van der Waals surface area contributed by atoms with Crippen LogP contribution in [-0.2, 0) is 11.3 Å². The Morgan fingerprint density at radius 1 is 1.21 bits per heavy atom. The van der Waals surface area contributed by atoms with Crippen molar-refractivity contribution < 1.29 is 17.9 Å². The second kappa shape index (κ2) is 5.50. The fourth-order valence-electron chi connectivity index (χ4n) is 1.58. The van der Waals surface area contributed by atoms with Crippen molar-refractivity contribution in [1.29, 1.82) is 0 Å². The van der Waals surface area contributed by atoms with Gasteiger partial charge >= 0.3 is 0 Å². The van der Waals surface area contributed by atoms with Gasteiger partial charge in [-0.05, 0) is 18.2 Å². The first-order valence-corrected chi connectivity index (χ1v) is 5.66. The number of rotatable bonds is 3. The number of H-pyrrole nitrogens is 1. The van der Waals surface area contributed by atoms with Gasteiger partial charge in [0.1, 0.15) is 17.1 Å². The average Bonchev–Trinajstić information content (AvgIpc) is 2.35. The van der Waals surface area contributed by atoms with Crippen LogP contribution in [0.5, 0.6) is 0 Å². The minimum Gasteiger partial charge on any atom is -0.377 e. The summed E-state index contributed by atoms with van der Waals surface area (Å²) < 4.78 is 44.4. The molecule has 1 aromatic heterocycles. The summed E-state index contributed by atoms with van der Waals surface area (Å²) >= 11 is 4.94. The van der Waals surface area contributed by atoms with E-state index in [9.17, 15) is 13.2 Å². The SMILES string of the molecule is COCc1nc(=S)cc(-c2cc(F)c(F)c(F)c2)[nH]1. The van der Waals surface area contributed by atoms with Crippen LogP contribution in [0.25, 0.3) is 11.3 Å². The van der Waals surface area contributed by atoms with E-state index in [1.165, 1.54) is 13.2 Å². The van der Waals surface area contributed by atoms with Gasteiger partial charge in [0, 0.05) is 18.4 Å². The molecule has 0 aliphatic heterocycles. The monoisotopic (exact) mass is 286 g/mol. The molecule has 0 atom stereocenters. The van der Waals surface area contributed by atoms with Crippen LogP contribution < -0.4 is 0 Å². The zero-order valence-corrected chi connectivity index (χ0v) is 10.7. The van der Waals surface area contributed by atoms with Gasteiger partial charge in [-0.15, -0.1) is 0 Å². The van der Waals surface area contributed by atoms with Gasteiger partial charge in [0.15, 0.2) is 17.5 Å². The van der Waals surface area contributed by atoms with Crippen LogP contribution in [0.4, 0.5) is 13.2 Å². The van der Waals surface area contributed by atoms with Gasteiger partial charge in [-0.3, -0.25) is 0 Å². The number of aromatic amines is 1. The minimum absolute atomic E-state index is 0.141. The van der Waals surface area contributed by atoms with Gasteiger partial charge in [0.25, 0.3) is 0 Å². The van der Waals surface area contributed by atoms with Crippen LogP contribution in [0.2, 0.25) is 0 Å². The van der Waals surface area contributed by atoms with E-state index in [0.29, 0.717) is 11.5 Å². The third kappa shape index (κ3) is 2.99. The van der Waals surface area contributed by atoms with Gasteiger partial charge in [-0.1, -0.05) is 12.2 Å². The summed E-state index contributed by atoms with van der Waals surface area (Å²) in [6.07, 6.45) is 0. The van der Waals surface area contributed by atoms with E-state index < -0.39 is 17.5 Å². The van der Waals surface area contributed by atoms with E-state index >= 15 is 0 Å². The highest BCUT2D eigenvalue weighted by atomic mass is 32.1. The van der Waals surface area contributed by atoms with Gasteiger partial charge in [-0.2, -0.15) is 0 Å². The highest BCUT2D eigenvalue weighted by Crippen LogP contribution is 2.22. The van der Waals surface area contributed by atoms with Crippen molar-refractivity contribution in [2.45, 2.75) is 6.61 Å². The van der Waals surface area contributed by atoms with Crippen LogP contribution >= 0.6 is 12.2 Å². The number of nitrogens with zero attached hydrogens (tertiary/aromatic N) is 1. The molecule has 0 aliphatic carbocycles. The minimum atomic E-state index is -1.51. The fourth-order valence-corrected chi connectivity index (χ4v) is 1.81. The molecular formula is C12H9F3N2OS. The van der Waals surface area contributed by atoms with E-state index in [1.807, 2.05) is 0 Å². The average molecular weight is 286 g/mol. The van der Waals surface area contributed by atoms with E-state index in [4.69, 9.17) is 17.0 Å². The molecule has 0 spiro atoms. The molecule has 0 amide bonds. The standard InChI is InChI=1S/C12H9F3N2OS/c1-18-5-10-16-9(4-11(19)17-10)6-2-7(13)12(15)8(14)3-6/h2-4H,5H2,1H3,(H,16,17,19). The van der Waals surface area contributed by atoms with Crippen LogP contribution in [0.15, 0.2) is 18.2 Å². The third-order valence-electron chi connectivity index (χ3n) is 2.37. The Labute approximate surface area is 112 Å². The topological polar surface area (TPSA) is 37.9 Å². The second-order valence-electron chi connectivity index (χ2n) is 3.77. The molecular weight excluding hydrogens is 277 g/mol. The van der Waals surface area contributed by atoms with Crippen molar-refractivity contribution in [3.8, 4) is 11.3 Å². The number of nitrogens with one attached hydrogen (secondary N) is 1. The molecule has 1 aromatic carbocycles. The Bertz CT molecular complexity index is 649. The lowest BCUT2D eigenvalue weighted by Gasteiger charge is -2.06. The van der Waals surface area contributed by atoms with Crippen LogP contribution in [0.3, 0.4) is 0 Å². The third-order valence-corrected chi connectivity index (χ3v) is 2.58. The van der Waals surface area contributed by atoms with Crippen molar-refractivity contribution in [3.05, 3.63) is 46.1 Å². The van der Waals surface area contributed by atoms with E-state index in [2.05, 4.69) is 9.97 Å². The molecule has 1 heterocycles. The molecule has 0 saturated carbocycles. The number of aromatic nitrogens is 2. The molecule has 0 aliphatic rings. The van der Waals surface area contributed by atoms with Crippen LogP contribution in [0, 0.1) is 22.1 Å². The molecule has 0 unspecified atom stereocenters.